The molecule has 1 aliphatic rings. The Balaban J connectivity index is 2.40. The molecule has 0 bridgehead atoms. The number of hydrogen-bond donors (Lipinski definition) is 2. The Morgan fingerprint density at radius 2 is 1.94 bits per heavy atom. The largest absolute Gasteiger partial charge is 0.502 e. The van der Waals surface area contributed by atoms with Gasteiger partial charge in [-0.3, -0.25) is 4.79 Å². The SMILES string of the molecule is O=C(O)C(O)=CC=C1C(=O)Cc2ccccc21. The lowest BCUT2D eigenvalue weighted by molar-refractivity contribution is -0.135. The molecule has 1 aliphatic carbocycles. The summed E-state index contributed by atoms with van der Waals surface area (Å²) in [6, 6.07) is 7.32. The number of carbonyl (C=O) groups excluding carboxylic acids is 1. The molecule has 0 spiro atoms. The van der Waals surface area contributed by atoms with E-state index in [1.165, 1.54) is 6.08 Å². The number of aliphatic hydroxyl groups is 1. The van der Waals surface area contributed by atoms with Crippen LogP contribution in [0.5, 0.6) is 0 Å². The summed E-state index contributed by atoms with van der Waals surface area (Å²) in [6.45, 7) is 0. The molecule has 0 aromatic heterocycles. The van der Waals surface area contributed by atoms with Gasteiger partial charge in [0.05, 0.1) is 0 Å². The summed E-state index contributed by atoms with van der Waals surface area (Å²) in [5, 5.41) is 17.5. The lowest BCUT2D eigenvalue weighted by Gasteiger charge is -1.97. The fraction of sp³-hybridized carbons (Fsp3) is 0.0769. The lowest BCUT2D eigenvalue weighted by Crippen LogP contribution is -1.98. The number of rotatable bonds is 2. The van der Waals surface area contributed by atoms with Gasteiger partial charge in [-0.25, -0.2) is 4.79 Å². The maximum Gasteiger partial charge on any atom is 0.370 e. The smallest absolute Gasteiger partial charge is 0.370 e. The summed E-state index contributed by atoms with van der Waals surface area (Å²) in [7, 11) is 0. The second-order valence-electron chi connectivity index (χ2n) is 3.69. The molecule has 86 valence electrons. The highest BCUT2D eigenvalue weighted by Gasteiger charge is 2.23. The maximum atomic E-state index is 11.7. The highest BCUT2D eigenvalue weighted by Crippen LogP contribution is 2.29. The van der Waals surface area contributed by atoms with E-state index in [-0.39, 0.29) is 5.78 Å². The topological polar surface area (TPSA) is 74.6 Å². The van der Waals surface area contributed by atoms with E-state index in [0.29, 0.717) is 12.0 Å². The molecule has 4 nitrogen and oxygen atoms in total. The molecule has 0 saturated carbocycles. The third-order valence-electron chi connectivity index (χ3n) is 2.59. The fourth-order valence-corrected chi connectivity index (χ4v) is 1.77. The van der Waals surface area contributed by atoms with Crippen molar-refractivity contribution in [3.63, 3.8) is 0 Å². The summed E-state index contributed by atoms with van der Waals surface area (Å²) < 4.78 is 0. The molecule has 0 heterocycles. The first-order valence-electron chi connectivity index (χ1n) is 5.05. The zero-order valence-corrected chi connectivity index (χ0v) is 8.88. The van der Waals surface area contributed by atoms with E-state index < -0.39 is 11.7 Å². The molecule has 4 heteroatoms. The summed E-state index contributed by atoms with van der Waals surface area (Å²) in [5.41, 5.74) is 2.16. The predicted octanol–water partition coefficient (Wildman–Crippen LogP) is 1.72. The molecule has 0 amide bonds. The zero-order valence-electron chi connectivity index (χ0n) is 8.88. The van der Waals surface area contributed by atoms with Crippen molar-refractivity contribution in [2.45, 2.75) is 6.42 Å². The van der Waals surface area contributed by atoms with Crippen molar-refractivity contribution in [3.8, 4) is 0 Å². The van der Waals surface area contributed by atoms with Gasteiger partial charge < -0.3 is 10.2 Å². The van der Waals surface area contributed by atoms with Crippen molar-refractivity contribution in [1.82, 2.24) is 0 Å². The van der Waals surface area contributed by atoms with Gasteiger partial charge in [-0.2, -0.15) is 0 Å². The second-order valence-corrected chi connectivity index (χ2v) is 3.69. The molecule has 1 aromatic rings. The van der Waals surface area contributed by atoms with Crippen LogP contribution in [0.3, 0.4) is 0 Å². The average Bonchev–Trinajstić information content (AvgIpc) is 2.61. The van der Waals surface area contributed by atoms with Crippen molar-refractivity contribution in [2.24, 2.45) is 0 Å². The van der Waals surface area contributed by atoms with Gasteiger partial charge >= 0.3 is 5.97 Å². The van der Waals surface area contributed by atoms with Crippen LogP contribution in [-0.4, -0.2) is 22.0 Å². The van der Waals surface area contributed by atoms with Gasteiger partial charge in [0.2, 0.25) is 5.76 Å². The number of allylic oxidation sites excluding steroid dienone is 3. The minimum Gasteiger partial charge on any atom is -0.502 e. The number of aliphatic carboxylic acids is 1. The fourth-order valence-electron chi connectivity index (χ4n) is 1.77. The molecule has 0 radical (unpaired) electrons. The van der Waals surface area contributed by atoms with E-state index in [2.05, 4.69) is 0 Å². The van der Waals surface area contributed by atoms with Crippen molar-refractivity contribution in [3.05, 3.63) is 53.3 Å². The Labute approximate surface area is 97.5 Å². The van der Waals surface area contributed by atoms with Gasteiger partial charge in [-0.05, 0) is 23.3 Å². The van der Waals surface area contributed by atoms with E-state index in [1.807, 2.05) is 18.2 Å². The predicted molar refractivity (Wildman–Crippen MR) is 61.5 cm³/mol. The van der Waals surface area contributed by atoms with Crippen molar-refractivity contribution in [1.29, 1.82) is 0 Å². The second kappa shape index (κ2) is 4.25. The Bertz CT molecular complexity index is 552. The third kappa shape index (κ3) is 2.10. The van der Waals surface area contributed by atoms with Crippen LogP contribution in [0.15, 0.2) is 42.2 Å². The highest BCUT2D eigenvalue weighted by atomic mass is 16.4. The van der Waals surface area contributed by atoms with Gasteiger partial charge in [0, 0.05) is 12.0 Å². The van der Waals surface area contributed by atoms with Crippen LogP contribution in [0.25, 0.3) is 5.57 Å². The first-order chi connectivity index (χ1) is 8.09. The van der Waals surface area contributed by atoms with Crippen molar-refractivity contribution >= 4 is 17.3 Å². The molecule has 0 saturated heterocycles. The first kappa shape index (κ1) is 11.1. The monoisotopic (exact) mass is 230 g/mol. The number of hydrogen-bond acceptors (Lipinski definition) is 3. The van der Waals surface area contributed by atoms with E-state index in [9.17, 15) is 9.59 Å². The van der Waals surface area contributed by atoms with Crippen LogP contribution in [0.4, 0.5) is 0 Å². The summed E-state index contributed by atoms with van der Waals surface area (Å²) in [5.74, 6) is -2.27. The summed E-state index contributed by atoms with van der Waals surface area (Å²) >= 11 is 0. The minimum atomic E-state index is -1.42. The number of carboxylic acid groups (broad SMARTS) is 1. The Hall–Kier alpha value is -2.36. The molecule has 17 heavy (non-hydrogen) atoms. The molecule has 0 atom stereocenters. The van der Waals surface area contributed by atoms with Crippen molar-refractivity contribution in [2.75, 3.05) is 0 Å². The zero-order chi connectivity index (χ0) is 12.4. The summed E-state index contributed by atoms with van der Waals surface area (Å²) in [6.07, 6.45) is 2.69. The van der Waals surface area contributed by atoms with E-state index >= 15 is 0 Å². The highest BCUT2D eigenvalue weighted by molar-refractivity contribution is 6.25. The molecule has 0 unspecified atom stereocenters. The van der Waals surface area contributed by atoms with Gasteiger partial charge in [-0.1, -0.05) is 24.3 Å². The standard InChI is InChI=1S/C13H10O4/c14-11(13(16)17)6-5-10-9-4-2-1-3-8(9)7-12(10)15/h1-6,14H,7H2,(H,16,17). The molecule has 1 aromatic carbocycles. The molecular formula is C13H10O4. The Morgan fingerprint density at radius 1 is 1.24 bits per heavy atom. The maximum absolute atomic E-state index is 11.7. The first-order valence-corrected chi connectivity index (χ1v) is 5.05. The number of ketones is 1. The van der Waals surface area contributed by atoms with E-state index in [0.717, 1.165) is 17.2 Å². The van der Waals surface area contributed by atoms with Crippen LogP contribution in [-0.2, 0) is 16.0 Å². The molecule has 0 aliphatic heterocycles. The van der Waals surface area contributed by atoms with Crippen LogP contribution < -0.4 is 0 Å². The number of carboxylic acids is 1. The molecule has 0 fully saturated rings. The van der Waals surface area contributed by atoms with Gasteiger partial charge in [0.15, 0.2) is 5.78 Å². The normalized spacial score (nSPS) is 17.3. The number of benzene rings is 1. The molecule has 2 rings (SSSR count). The number of aliphatic hydroxyl groups excluding tert-OH is 1. The average molecular weight is 230 g/mol. The minimum absolute atomic E-state index is 0.0689. The number of Topliss-reactive ketones (excluding diaryl/α,β-unsaturated/α-hetero) is 1. The van der Waals surface area contributed by atoms with Crippen LogP contribution in [0, 0.1) is 0 Å². The lowest BCUT2D eigenvalue weighted by atomic mass is 10.1. The number of fused-ring (bicyclic) bond motifs is 1. The quantitative estimate of drug-likeness (QED) is 0.599. The molecule has 2 N–H and O–H groups in total. The van der Waals surface area contributed by atoms with Crippen LogP contribution >= 0.6 is 0 Å². The Kier molecular flexibility index (Phi) is 2.78. The van der Waals surface area contributed by atoms with Gasteiger partial charge in [0.1, 0.15) is 0 Å². The summed E-state index contributed by atoms with van der Waals surface area (Å²) in [4.78, 5) is 22.1. The van der Waals surface area contributed by atoms with Crippen LogP contribution in [0.1, 0.15) is 11.1 Å². The number of carbonyl (C=O) groups is 2. The van der Waals surface area contributed by atoms with Crippen LogP contribution in [0.2, 0.25) is 0 Å². The van der Waals surface area contributed by atoms with E-state index in [4.69, 9.17) is 10.2 Å². The van der Waals surface area contributed by atoms with Gasteiger partial charge in [0.25, 0.3) is 0 Å². The molecular weight excluding hydrogens is 220 g/mol. The van der Waals surface area contributed by atoms with Crippen molar-refractivity contribution < 1.29 is 19.8 Å². The Morgan fingerprint density at radius 3 is 2.65 bits per heavy atom. The van der Waals surface area contributed by atoms with E-state index in [1.54, 1.807) is 6.07 Å². The van der Waals surface area contributed by atoms with Gasteiger partial charge in [-0.15, -0.1) is 0 Å². The third-order valence-corrected chi connectivity index (χ3v) is 2.59.